The average Bonchev–Trinajstić information content (AvgIpc) is 2.45. The zero-order valence-electron chi connectivity index (χ0n) is 11.8. The lowest BCUT2D eigenvalue weighted by atomic mass is 10.0. The van der Waals surface area contributed by atoms with Gasteiger partial charge in [-0.15, -0.1) is 11.6 Å². The molecule has 0 amide bonds. The van der Waals surface area contributed by atoms with E-state index >= 15 is 0 Å². The summed E-state index contributed by atoms with van der Waals surface area (Å²) in [6.07, 6.45) is 1.82. The molecule has 19 heavy (non-hydrogen) atoms. The fraction of sp³-hybridized carbons (Fsp3) is 0.400. The Morgan fingerprint density at radius 3 is 2.68 bits per heavy atom. The third kappa shape index (κ3) is 2.61. The first-order valence-corrected chi connectivity index (χ1v) is 6.75. The molecule has 0 radical (unpaired) electrons. The molecule has 0 aliphatic heterocycles. The number of anilines is 1. The topological polar surface area (TPSA) is 25.4 Å². The molecule has 2 aromatic rings. The van der Waals surface area contributed by atoms with Gasteiger partial charge in [0, 0.05) is 30.0 Å². The van der Waals surface area contributed by atoms with Crippen LogP contribution in [0.5, 0.6) is 5.75 Å². The molecule has 0 atom stereocenters. The molecule has 0 N–H and O–H groups in total. The molecule has 3 nitrogen and oxygen atoms in total. The molecule has 4 heteroatoms. The molecule has 0 fully saturated rings. The van der Waals surface area contributed by atoms with Crippen LogP contribution in [0.3, 0.4) is 0 Å². The number of aromatic nitrogens is 1. The van der Waals surface area contributed by atoms with E-state index < -0.39 is 0 Å². The predicted molar refractivity (Wildman–Crippen MR) is 81.5 cm³/mol. The number of fused-ring (bicyclic) bond motifs is 1. The number of alkyl halides is 1. The van der Waals surface area contributed by atoms with Crippen LogP contribution in [0.15, 0.2) is 30.5 Å². The Morgan fingerprint density at radius 1 is 1.32 bits per heavy atom. The highest BCUT2D eigenvalue weighted by Gasteiger charge is 2.24. The summed E-state index contributed by atoms with van der Waals surface area (Å²) in [7, 11) is 3.69. The largest absolute Gasteiger partial charge is 0.497 e. The Kier molecular flexibility index (Phi) is 3.85. The van der Waals surface area contributed by atoms with Crippen molar-refractivity contribution < 1.29 is 4.74 Å². The molecule has 2 rings (SSSR count). The Balaban J connectivity index is 2.55. The summed E-state index contributed by atoms with van der Waals surface area (Å²) in [6.45, 7) is 4.20. The van der Waals surface area contributed by atoms with Crippen LogP contribution < -0.4 is 9.64 Å². The highest BCUT2D eigenvalue weighted by Crippen LogP contribution is 2.30. The van der Waals surface area contributed by atoms with Crippen molar-refractivity contribution in [3.8, 4) is 5.75 Å². The van der Waals surface area contributed by atoms with Gasteiger partial charge in [-0.25, -0.2) is 4.98 Å². The van der Waals surface area contributed by atoms with Crippen LogP contribution >= 0.6 is 11.6 Å². The second-order valence-electron chi connectivity index (χ2n) is 5.23. The van der Waals surface area contributed by atoms with E-state index in [1.54, 1.807) is 7.11 Å². The van der Waals surface area contributed by atoms with Crippen molar-refractivity contribution in [2.45, 2.75) is 19.4 Å². The summed E-state index contributed by atoms with van der Waals surface area (Å²) in [5.74, 6) is 2.33. The lowest BCUT2D eigenvalue weighted by molar-refractivity contribution is 0.415. The van der Waals surface area contributed by atoms with E-state index in [-0.39, 0.29) is 5.54 Å². The van der Waals surface area contributed by atoms with E-state index in [1.807, 2.05) is 37.5 Å². The highest BCUT2D eigenvalue weighted by atomic mass is 35.5. The monoisotopic (exact) mass is 278 g/mol. The molecule has 0 spiro atoms. The molecular weight excluding hydrogens is 260 g/mol. The summed E-state index contributed by atoms with van der Waals surface area (Å²) < 4.78 is 5.26. The van der Waals surface area contributed by atoms with E-state index in [1.165, 1.54) is 0 Å². The maximum atomic E-state index is 6.05. The van der Waals surface area contributed by atoms with Gasteiger partial charge in [0.1, 0.15) is 11.6 Å². The van der Waals surface area contributed by atoms with Gasteiger partial charge in [-0.1, -0.05) is 0 Å². The van der Waals surface area contributed by atoms with Crippen LogP contribution in [0, 0.1) is 0 Å². The number of halogens is 1. The summed E-state index contributed by atoms with van der Waals surface area (Å²) in [5.41, 5.74) is -0.150. The van der Waals surface area contributed by atoms with Crippen LogP contribution in [0.1, 0.15) is 13.8 Å². The van der Waals surface area contributed by atoms with Crippen molar-refractivity contribution in [1.82, 2.24) is 4.98 Å². The van der Waals surface area contributed by atoms with Gasteiger partial charge in [-0.3, -0.25) is 0 Å². The lowest BCUT2D eigenvalue weighted by Crippen LogP contribution is -2.43. The minimum absolute atomic E-state index is 0.150. The molecule has 0 saturated heterocycles. The Hall–Kier alpha value is -1.48. The van der Waals surface area contributed by atoms with Gasteiger partial charge < -0.3 is 9.64 Å². The van der Waals surface area contributed by atoms with Gasteiger partial charge in [0.05, 0.1) is 7.11 Å². The zero-order valence-corrected chi connectivity index (χ0v) is 12.5. The number of hydrogen-bond donors (Lipinski definition) is 0. The first-order valence-electron chi connectivity index (χ1n) is 6.22. The van der Waals surface area contributed by atoms with Crippen molar-refractivity contribution in [2.75, 3.05) is 24.9 Å². The number of hydrogen-bond acceptors (Lipinski definition) is 3. The Bertz CT molecular complexity index is 583. The van der Waals surface area contributed by atoms with E-state index in [0.29, 0.717) is 5.88 Å². The molecule has 1 aromatic heterocycles. The Morgan fingerprint density at radius 2 is 2.05 bits per heavy atom. The Labute approximate surface area is 119 Å². The van der Waals surface area contributed by atoms with Gasteiger partial charge in [-0.05, 0) is 43.5 Å². The molecule has 0 bridgehead atoms. The van der Waals surface area contributed by atoms with Gasteiger partial charge in [0.25, 0.3) is 0 Å². The molecule has 1 heterocycles. The number of rotatable bonds is 4. The minimum atomic E-state index is -0.150. The fourth-order valence-electron chi connectivity index (χ4n) is 1.91. The van der Waals surface area contributed by atoms with E-state index in [4.69, 9.17) is 16.3 Å². The highest BCUT2D eigenvalue weighted by molar-refractivity contribution is 6.18. The summed E-state index contributed by atoms with van der Waals surface area (Å²) in [6, 6.07) is 8.00. The molecule has 1 aromatic carbocycles. The van der Waals surface area contributed by atoms with Crippen molar-refractivity contribution in [3.05, 3.63) is 30.5 Å². The normalized spacial score (nSPS) is 11.6. The number of ether oxygens (including phenoxy) is 1. The average molecular weight is 279 g/mol. The van der Waals surface area contributed by atoms with E-state index in [9.17, 15) is 0 Å². The van der Waals surface area contributed by atoms with E-state index in [0.717, 1.165) is 22.3 Å². The number of pyridine rings is 1. The van der Waals surface area contributed by atoms with Crippen LogP contribution in [0.25, 0.3) is 10.8 Å². The second kappa shape index (κ2) is 5.25. The van der Waals surface area contributed by atoms with Crippen LogP contribution in [0.2, 0.25) is 0 Å². The first kappa shape index (κ1) is 13.9. The maximum Gasteiger partial charge on any atom is 0.136 e. The smallest absolute Gasteiger partial charge is 0.136 e. The quantitative estimate of drug-likeness (QED) is 0.798. The zero-order chi connectivity index (χ0) is 14.0. The molecule has 102 valence electrons. The van der Waals surface area contributed by atoms with Crippen LogP contribution in [-0.2, 0) is 0 Å². The van der Waals surface area contributed by atoms with E-state index in [2.05, 4.69) is 23.7 Å². The summed E-state index contributed by atoms with van der Waals surface area (Å²) in [4.78, 5) is 6.62. The second-order valence-corrected chi connectivity index (χ2v) is 5.49. The number of benzene rings is 1. The number of nitrogens with zero attached hydrogens (tertiary/aromatic N) is 2. The van der Waals surface area contributed by atoms with Gasteiger partial charge in [0.2, 0.25) is 0 Å². The van der Waals surface area contributed by atoms with Crippen molar-refractivity contribution >= 4 is 28.2 Å². The van der Waals surface area contributed by atoms with Crippen molar-refractivity contribution in [3.63, 3.8) is 0 Å². The maximum absolute atomic E-state index is 6.05. The van der Waals surface area contributed by atoms with Gasteiger partial charge >= 0.3 is 0 Å². The van der Waals surface area contributed by atoms with Crippen molar-refractivity contribution in [1.29, 1.82) is 0 Å². The van der Waals surface area contributed by atoms with Gasteiger partial charge in [0.15, 0.2) is 0 Å². The van der Waals surface area contributed by atoms with Gasteiger partial charge in [-0.2, -0.15) is 0 Å². The standard InChI is InChI=1S/C15H19ClN2O/c1-15(2,10-16)18(3)14-13-6-5-12(19-4)9-11(13)7-8-17-14/h5-9H,10H2,1-4H3. The predicted octanol–water partition coefficient (Wildman–Crippen LogP) is 3.70. The summed E-state index contributed by atoms with van der Waals surface area (Å²) >= 11 is 6.05. The molecule has 0 aliphatic carbocycles. The SMILES string of the molecule is COc1ccc2c(N(C)C(C)(C)CCl)nccc2c1. The van der Waals surface area contributed by atoms with Crippen LogP contribution in [-0.4, -0.2) is 30.6 Å². The molecule has 0 saturated carbocycles. The number of methoxy groups -OCH3 is 1. The van der Waals surface area contributed by atoms with Crippen LogP contribution in [0.4, 0.5) is 5.82 Å². The molecular formula is C15H19ClN2O. The van der Waals surface area contributed by atoms with Crippen molar-refractivity contribution in [2.24, 2.45) is 0 Å². The third-order valence-corrected chi connectivity index (χ3v) is 4.16. The summed E-state index contributed by atoms with van der Waals surface area (Å²) in [5, 5.41) is 2.21. The third-order valence-electron chi connectivity index (χ3n) is 3.50. The first-order chi connectivity index (χ1) is 8.99. The molecule has 0 unspecified atom stereocenters. The molecule has 0 aliphatic rings. The minimum Gasteiger partial charge on any atom is -0.497 e. The fourth-order valence-corrected chi connectivity index (χ4v) is 2.09. The lowest BCUT2D eigenvalue weighted by Gasteiger charge is -2.35.